The van der Waals surface area contributed by atoms with Crippen LogP contribution in [0.5, 0.6) is 0 Å². The average Bonchev–Trinajstić information content (AvgIpc) is 3.37. The van der Waals surface area contributed by atoms with Crippen molar-refractivity contribution in [1.29, 1.82) is 0 Å². The lowest BCUT2D eigenvalue weighted by Gasteiger charge is -2.42. The lowest BCUT2D eigenvalue weighted by molar-refractivity contribution is -0.258. The minimum Gasteiger partial charge on any atom is -0.467 e. The summed E-state index contributed by atoms with van der Waals surface area (Å²) in [7, 11) is -3.84. The molecule has 0 spiro atoms. The van der Waals surface area contributed by atoms with Gasteiger partial charge >= 0.3 is 6.18 Å². The molecule has 0 amide bonds. The zero-order valence-electron chi connectivity index (χ0n) is 19.9. The Morgan fingerprint density at radius 3 is 2.41 bits per heavy atom. The Morgan fingerprint density at radius 2 is 1.78 bits per heavy atom. The number of hydrogen-bond donors (Lipinski definition) is 2. The predicted octanol–water partition coefficient (Wildman–Crippen LogP) is 4.43. The highest BCUT2D eigenvalue weighted by molar-refractivity contribution is 7.90. The van der Waals surface area contributed by atoms with E-state index in [1.807, 2.05) is 4.90 Å². The summed E-state index contributed by atoms with van der Waals surface area (Å²) in [5.74, 6) is 0.606. The molecular weight excluding hydrogens is 529 g/mol. The van der Waals surface area contributed by atoms with Crippen molar-refractivity contribution in [3.05, 3.63) is 78.3 Å². The Balaban J connectivity index is 1.57. The van der Waals surface area contributed by atoms with E-state index in [9.17, 15) is 26.7 Å². The third-order valence-electron chi connectivity index (χ3n) is 6.38. The van der Waals surface area contributed by atoms with Crippen LogP contribution in [0.2, 0.25) is 0 Å². The topological polar surface area (TPSA) is 83.2 Å². The maximum atomic E-state index is 13.4. The molecule has 1 saturated heterocycles. The Morgan fingerprint density at radius 1 is 1.08 bits per heavy atom. The van der Waals surface area contributed by atoms with E-state index in [2.05, 4.69) is 12.6 Å². The summed E-state index contributed by atoms with van der Waals surface area (Å²) in [5.41, 5.74) is -2.70. The van der Waals surface area contributed by atoms with E-state index in [1.54, 1.807) is 30.3 Å². The number of piperazine rings is 1. The fourth-order valence-corrected chi connectivity index (χ4v) is 6.23. The van der Waals surface area contributed by atoms with Crippen molar-refractivity contribution in [2.75, 3.05) is 31.1 Å². The summed E-state index contributed by atoms with van der Waals surface area (Å²) >= 11 is 4.30. The second-order valence-electron chi connectivity index (χ2n) is 8.89. The molecular formula is C25H27F3N2O5S2. The van der Waals surface area contributed by atoms with Crippen LogP contribution < -0.4 is 4.90 Å². The van der Waals surface area contributed by atoms with Crippen LogP contribution in [0.1, 0.15) is 18.2 Å². The fraction of sp³-hybridized carbons (Fsp3) is 0.360. The van der Waals surface area contributed by atoms with Crippen molar-refractivity contribution in [1.82, 2.24) is 4.31 Å². The number of sulfonamides is 1. The number of thiol groups is 1. The Hall–Kier alpha value is -2.51. The fourth-order valence-electron chi connectivity index (χ4n) is 4.17. The van der Waals surface area contributed by atoms with Gasteiger partial charge in [0.2, 0.25) is 10.0 Å². The largest absolute Gasteiger partial charge is 0.467 e. The second-order valence-corrected chi connectivity index (χ2v) is 11.3. The third-order valence-corrected chi connectivity index (χ3v) is 8.84. The molecule has 1 fully saturated rings. The number of anilines is 1. The Labute approximate surface area is 218 Å². The molecule has 0 radical (unpaired) electrons. The van der Waals surface area contributed by atoms with E-state index in [0.717, 1.165) is 0 Å². The molecule has 200 valence electrons. The summed E-state index contributed by atoms with van der Waals surface area (Å²) in [5, 5.41) is 9.99. The van der Waals surface area contributed by atoms with Crippen molar-refractivity contribution >= 4 is 28.3 Å². The number of ether oxygens (including phenoxy) is 1. The monoisotopic (exact) mass is 556 g/mol. The predicted molar refractivity (Wildman–Crippen MR) is 134 cm³/mol. The van der Waals surface area contributed by atoms with E-state index in [1.165, 1.54) is 40.9 Å². The van der Waals surface area contributed by atoms with Gasteiger partial charge in [0.05, 0.1) is 23.8 Å². The van der Waals surface area contributed by atoms with Crippen LogP contribution in [0.25, 0.3) is 0 Å². The van der Waals surface area contributed by atoms with Crippen molar-refractivity contribution in [2.45, 2.75) is 41.1 Å². The van der Waals surface area contributed by atoms with Crippen LogP contribution in [0.4, 0.5) is 18.9 Å². The molecule has 2 atom stereocenters. The highest BCUT2D eigenvalue weighted by Gasteiger charge is 2.51. The lowest BCUT2D eigenvalue weighted by Crippen LogP contribution is -2.56. The number of furan rings is 1. The quantitative estimate of drug-likeness (QED) is 0.400. The Bertz CT molecular complexity index is 1300. The summed E-state index contributed by atoms with van der Waals surface area (Å²) in [6, 6.07) is 14.9. The standard InChI is InChI=1S/C25H27F3N2O5S2/c1-24(31,25(26,27)28)18-8-10-19(11-9-18)30-13-12-29(37(32,33)23-7-3-2-6-22(23)36)15-20(30)16-34-17-21-5-4-14-35-21/h2-11,14,20,31,36H,12-13,15-17H2,1H3/t20-,24?/m1/s1. The summed E-state index contributed by atoms with van der Waals surface area (Å²) < 4.78 is 79.0. The van der Waals surface area contributed by atoms with Crippen LogP contribution in [0.15, 0.2) is 81.1 Å². The number of alkyl halides is 3. The van der Waals surface area contributed by atoms with Gasteiger partial charge in [0, 0.05) is 30.2 Å². The number of aliphatic hydroxyl groups is 1. The molecule has 1 aliphatic heterocycles. The normalized spacial score (nSPS) is 19.1. The first kappa shape index (κ1) is 27.5. The molecule has 3 aromatic rings. The zero-order chi connectivity index (χ0) is 26.8. The summed E-state index contributed by atoms with van der Waals surface area (Å²) in [6.45, 7) is 1.54. The molecule has 2 heterocycles. The smallest absolute Gasteiger partial charge is 0.421 e. The first-order chi connectivity index (χ1) is 17.4. The van der Waals surface area contributed by atoms with Gasteiger partial charge in [0.25, 0.3) is 0 Å². The van der Waals surface area contributed by atoms with Gasteiger partial charge in [0.15, 0.2) is 5.60 Å². The van der Waals surface area contributed by atoms with Crippen LogP contribution >= 0.6 is 12.6 Å². The third kappa shape index (κ3) is 5.83. The van der Waals surface area contributed by atoms with Crippen LogP contribution in [-0.2, 0) is 27.0 Å². The van der Waals surface area contributed by atoms with E-state index in [-0.39, 0.29) is 43.3 Å². The minimum atomic E-state index is -4.83. The average molecular weight is 557 g/mol. The molecule has 1 N–H and O–H groups in total. The maximum absolute atomic E-state index is 13.4. The van der Waals surface area contributed by atoms with Gasteiger partial charge in [-0.25, -0.2) is 8.42 Å². The van der Waals surface area contributed by atoms with Crippen LogP contribution in [0, 0.1) is 0 Å². The number of benzene rings is 2. The SMILES string of the molecule is CC(O)(c1ccc(N2CCN(S(=O)(=O)c3ccccc3S)C[C@@H]2COCc2ccco2)cc1)C(F)(F)F. The van der Waals surface area contributed by atoms with Crippen LogP contribution in [-0.4, -0.2) is 56.3 Å². The molecule has 2 aromatic carbocycles. The van der Waals surface area contributed by atoms with Gasteiger partial charge in [-0.3, -0.25) is 0 Å². The van der Waals surface area contributed by atoms with Crippen LogP contribution in [0.3, 0.4) is 0 Å². The van der Waals surface area contributed by atoms with Crippen molar-refractivity contribution in [3.63, 3.8) is 0 Å². The lowest BCUT2D eigenvalue weighted by atomic mass is 9.95. The molecule has 1 aromatic heterocycles. The van der Waals surface area contributed by atoms with Gasteiger partial charge in [0.1, 0.15) is 12.4 Å². The first-order valence-electron chi connectivity index (χ1n) is 11.5. The molecule has 4 rings (SSSR count). The number of rotatable bonds is 8. The number of hydrogen-bond acceptors (Lipinski definition) is 7. The van der Waals surface area contributed by atoms with Gasteiger partial charge in [-0.1, -0.05) is 24.3 Å². The van der Waals surface area contributed by atoms with E-state index >= 15 is 0 Å². The molecule has 37 heavy (non-hydrogen) atoms. The zero-order valence-corrected chi connectivity index (χ0v) is 21.6. The molecule has 0 bridgehead atoms. The molecule has 0 aliphatic carbocycles. The summed E-state index contributed by atoms with van der Waals surface area (Å²) in [4.78, 5) is 2.33. The number of nitrogens with zero attached hydrogens (tertiary/aromatic N) is 2. The minimum absolute atomic E-state index is 0.0879. The maximum Gasteiger partial charge on any atom is 0.421 e. The highest BCUT2D eigenvalue weighted by atomic mass is 32.2. The Kier molecular flexibility index (Phi) is 7.96. The van der Waals surface area contributed by atoms with Crippen molar-refractivity contribution in [2.24, 2.45) is 0 Å². The van der Waals surface area contributed by atoms with E-state index in [0.29, 0.717) is 23.3 Å². The van der Waals surface area contributed by atoms with Crippen molar-refractivity contribution < 1.29 is 35.8 Å². The van der Waals surface area contributed by atoms with E-state index < -0.39 is 27.8 Å². The van der Waals surface area contributed by atoms with Gasteiger partial charge in [-0.15, -0.1) is 12.6 Å². The molecule has 1 unspecified atom stereocenters. The molecule has 0 saturated carbocycles. The van der Waals surface area contributed by atoms with Gasteiger partial charge in [-0.05, 0) is 48.9 Å². The molecule has 7 nitrogen and oxygen atoms in total. The first-order valence-corrected chi connectivity index (χ1v) is 13.3. The van der Waals surface area contributed by atoms with E-state index in [4.69, 9.17) is 9.15 Å². The number of halogens is 3. The molecule has 1 aliphatic rings. The van der Waals surface area contributed by atoms with Gasteiger partial charge in [-0.2, -0.15) is 17.5 Å². The highest BCUT2D eigenvalue weighted by Crippen LogP contribution is 2.39. The molecule has 12 heteroatoms. The summed E-state index contributed by atoms with van der Waals surface area (Å²) in [6.07, 6.45) is -3.31. The van der Waals surface area contributed by atoms with Crippen molar-refractivity contribution in [3.8, 4) is 0 Å². The second kappa shape index (κ2) is 10.7. The van der Waals surface area contributed by atoms with Gasteiger partial charge < -0.3 is 19.2 Å².